The summed E-state index contributed by atoms with van der Waals surface area (Å²) in [6.07, 6.45) is 15.9. The Kier molecular flexibility index (Phi) is 7.35. The molecule has 0 fully saturated rings. The molecule has 2 aromatic heterocycles. The molecule has 2 heterocycles. The summed E-state index contributed by atoms with van der Waals surface area (Å²) < 4.78 is 0. The molecule has 0 saturated carbocycles. The second-order valence-corrected chi connectivity index (χ2v) is 14.9. The minimum atomic E-state index is 0.107. The van der Waals surface area contributed by atoms with Crippen molar-refractivity contribution in [3.63, 3.8) is 0 Å². The number of benzene rings is 5. The van der Waals surface area contributed by atoms with Crippen LogP contribution in [0.5, 0.6) is 0 Å². The first-order valence-corrected chi connectivity index (χ1v) is 17.9. The zero-order valence-corrected chi connectivity index (χ0v) is 28.9. The summed E-state index contributed by atoms with van der Waals surface area (Å²) in [6, 6.07) is 40.5. The van der Waals surface area contributed by atoms with Crippen molar-refractivity contribution >= 4 is 27.1 Å². The number of aryl methyl sites for hydroxylation is 2. The average Bonchev–Trinajstić information content (AvgIpc) is 3.17. The van der Waals surface area contributed by atoms with E-state index in [0.717, 1.165) is 30.5 Å². The Balaban J connectivity index is 1.15. The second kappa shape index (κ2) is 12.1. The van der Waals surface area contributed by atoms with Crippen LogP contribution in [0.1, 0.15) is 60.9 Å². The monoisotopic (exact) mass is 644 g/mol. The SMILES string of the molecule is CC(C)(C)c1cc2c3c(ccc4c(C5=CCC(c6ccc(-c7ccncc7)cc6)C=C5)cc(-c5ccc(-c6ccccn6)cc5)c(c43)CC2)c1. The third-order valence-electron chi connectivity index (χ3n) is 10.8. The summed E-state index contributed by atoms with van der Waals surface area (Å²) in [4.78, 5) is 8.77. The summed E-state index contributed by atoms with van der Waals surface area (Å²) in [5, 5.41) is 5.60. The zero-order valence-electron chi connectivity index (χ0n) is 28.9. The predicted molar refractivity (Wildman–Crippen MR) is 210 cm³/mol. The van der Waals surface area contributed by atoms with E-state index in [1.54, 1.807) is 0 Å². The number of rotatable bonds is 5. The number of hydrogen-bond acceptors (Lipinski definition) is 2. The summed E-state index contributed by atoms with van der Waals surface area (Å²) in [5.41, 5.74) is 15.7. The van der Waals surface area contributed by atoms with Crippen molar-refractivity contribution in [2.75, 3.05) is 0 Å². The number of allylic oxidation sites excluding steroid dienone is 4. The van der Waals surface area contributed by atoms with Gasteiger partial charge in [0.2, 0.25) is 0 Å². The lowest BCUT2D eigenvalue weighted by atomic mass is 9.76. The minimum absolute atomic E-state index is 0.107. The molecule has 0 aliphatic heterocycles. The van der Waals surface area contributed by atoms with E-state index in [1.165, 1.54) is 77.2 Å². The molecule has 0 N–H and O–H groups in total. The molecule has 1 atom stereocenters. The van der Waals surface area contributed by atoms with Crippen LogP contribution in [0, 0.1) is 0 Å². The van der Waals surface area contributed by atoms with E-state index >= 15 is 0 Å². The molecule has 7 aromatic rings. The standard InChI is InChI=1S/C48H40N2/c1-48(2,3)40-28-38-19-21-41-43(35-13-11-32(12-14-35)31-7-9-33(10-8-31)34-23-26-49-27-24-34)30-44(42-22-20-39(29-40)46(38)47(41)42)36-15-17-37(18-16-36)45-6-4-5-25-50-45/h4-11,13-19,21,23-30,32H,12,20,22H2,1-3H3. The van der Waals surface area contributed by atoms with Gasteiger partial charge >= 0.3 is 0 Å². The van der Waals surface area contributed by atoms with Crippen LogP contribution in [0.2, 0.25) is 0 Å². The van der Waals surface area contributed by atoms with Crippen molar-refractivity contribution in [2.45, 2.75) is 51.4 Å². The highest BCUT2D eigenvalue weighted by atomic mass is 14.7. The Bertz CT molecular complexity index is 2450. The largest absolute Gasteiger partial charge is 0.265 e. The first-order chi connectivity index (χ1) is 24.4. The molecule has 2 heteroatoms. The van der Waals surface area contributed by atoms with Gasteiger partial charge in [0.25, 0.3) is 0 Å². The molecule has 0 amide bonds. The van der Waals surface area contributed by atoms with Crippen molar-refractivity contribution in [3.05, 3.63) is 174 Å². The maximum atomic E-state index is 4.60. The number of hydrogen-bond donors (Lipinski definition) is 0. The molecular formula is C48H40N2. The molecule has 1 unspecified atom stereocenters. The summed E-state index contributed by atoms with van der Waals surface area (Å²) in [7, 11) is 0. The van der Waals surface area contributed by atoms with Gasteiger partial charge in [-0.15, -0.1) is 0 Å². The van der Waals surface area contributed by atoms with Crippen LogP contribution in [0.25, 0.3) is 60.6 Å². The van der Waals surface area contributed by atoms with Gasteiger partial charge in [-0.05, 0) is 132 Å². The van der Waals surface area contributed by atoms with Crippen LogP contribution in [0.3, 0.4) is 0 Å². The fourth-order valence-electron chi connectivity index (χ4n) is 8.07. The van der Waals surface area contributed by atoms with Crippen molar-refractivity contribution in [2.24, 2.45) is 0 Å². The molecule has 2 aliphatic carbocycles. The van der Waals surface area contributed by atoms with Gasteiger partial charge in [0.15, 0.2) is 0 Å². The zero-order chi connectivity index (χ0) is 33.8. The van der Waals surface area contributed by atoms with Crippen LogP contribution in [-0.4, -0.2) is 9.97 Å². The van der Waals surface area contributed by atoms with Gasteiger partial charge in [-0.3, -0.25) is 9.97 Å². The topological polar surface area (TPSA) is 25.8 Å². The van der Waals surface area contributed by atoms with Gasteiger partial charge in [-0.25, -0.2) is 0 Å². The Morgan fingerprint density at radius 1 is 0.640 bits per heavy atom. The highest BCUT2D eigenvalue weighted by Crippen LogP contribution is 2.46. The van der Waals surface area contributed by atoms with Gasteiger partial charge in [0.05, 0.1) is 5.69 Å². The Morgan fingerprint density at radius 2 is 1.40 bits per heavy atom. The second-order valence-electron chi connectivity index (χ2n) is 14.9. The van der Waals surface area contributed by atoms with E-state index in [4.69, 9.17) is 0 Å². The molecule has 242 valence electrons. The highest BCUT2D eigenvalue weighted by Gasteiger charge is 2.25. The molecule has 5 aromatic carbocycles. The molecule has 0 saturated heterocycles. The van der Waals surface area contributed by atoms with Crippen LogP contribution in [0.4, 0.5) is 0 Å². The van der Waals surface area contributed by atoms with E-state index in [1.807, 2.05) is 24.7 Å². The van der Waals surface area contributed by atoms with E-state index in [9.17, 15) is 0 Å². The fraction of sp³-hybridized carbons (Fsp3) is 0.167. The molecule has 50 heavy (non-hydrogen) atoms. The Morgan fingerprint density at radius 3 is 2.12 bits per heavy atom. The predicted octanol–water partition coefficient (Wildman–Crippen LogP) is 12.3. The maximum Gasteiger partial charge on any atom is 0.0701 e. The summed E-state index contributed by atoms with van der Waals surface area (Å²) >= 11 is 0. The molecular weight excluding hydrogens is 605 g/mol. The average molecular weight is 645 g/mol. The van der Waals surface area contributed by atoms with Crippen molar-refractivity contribution in [1.29, 1.82) is 0 Å². The maximum absolute atomic E-state index is 4.60. The van der Waals surface area contributed by atoms with Crippen molar-refractivity contribution in [3.8, 4) is 33.5 Å². The first kappa shape index (κ1) is 30.5. The Labute approximate surface area is 294 Å². The number of nitrogens with zero attached hydrogens (tertiary/aromatic N) is 2. The van der Waals surface area contributed by atoms with Crippen LogP contribution < -0.4 is 0 Å². The first-order valence-electron chi connectivity index (χ1n) is 17.9. The summed E-state index contributed by atoms with van der Waals surface area (Å²) in [5.74, 6) is 0.358. The molecule has 0 bridgehead atoms. The fourth-order valence-corrected chi connectivity index (χ4v) is 8.07. The quantitative estimate of drug-likeness (QED) is 0.174. The van der Waals surface area contributed by atoms with Crippen LogP contribution >= 0.6 is 0 Å². The molecule has 2 aliphatic rings. The summed E-state index contributed by atoms with van der Waals surface area (Å²) in [6.45, 7) is 6.97. The number of pyridine rings is 2. The lowest BCUT2D eigenvalue weighted by Gasteiger charge is -2.27. The third kappa shape index (κ3) is 5.36. The van der Waals surface area contributed by atoms with Gasteiger partial charge in [-0.2, -0.15) is 0 Å². The smallest absolute Gasteiger partial charge is 0.0701 e. The van der Waals surface area contributed by atoms with Gasteiger partial charge in [-0.1, -0.05) is 118 Å². The normalized spacial score (nSPS) is 15.5. The molecule has 0 radical (unpaired) electrons. The van der Waals surface area contributed by atoms with Crippen molar-refractivity contribution in [1.82, 2.24) is 9.97 Å². The lowest BCUT2D eigenvalue weighted by Crippen LogP contribution is -2.13. The molecule has 2 nitrogen and oxygen atoms in total. The number of aromatic nitrogens is 2. The highest BCUT2D eigenvalue weighted by molar-refractivity contribution is 6.17. The van der Waals surface area contributed by atoms with Crippen molar-refractivity contribution < 1.29 is 0 Å². The van der Waals surface area contributed by atoms with E-state index in [-0.39, 0.29) is 5.41 Å². The van der Waals surface area contributed by atoms with E-state index in [2.05, 4.69) is 152 Å². The third-order valence-corrected chi connectivity index (χ3v) is 10.8. The van der Waals surface area contributed by atoms with Crippen LogP contribution in [0.15, 0.2) is 146 Å². The molecule has 9 rings (SSSR count). The van der Waals surface area contributed by atoms with Gasteiger partial charge < -0.3 is 0 Å². The Hall–Kier alpha value is -5.60. The molecule has 0 spiro atoms. The van der Waals surface area contributed by atoms with E-state index in [0.29, 0.717) is 5.92 Å². The van der Waals surface area contributed by atoms with Gasteiger partial charge in [0, 0.05) is 30.1 Å². The van der Waals surface area contributed by atoms with E-state index < -0.39 is 0 Å². The minimum Gasteiger partial charge on any atom is -0.265 e. The van der Waals surface area contributed by atoms with Crippen LogP contribution in [-0.2, 0) is 18.3 Å². The lowest BCUT2D eigenvalue weighted by molar-refractivity contribution is 0.590. The van der Waals surface area contributed by atoms with Gasteiger partial charge in [0.1, 0.15) is 0 Å².